The second-order valence-corrected chi connectivity index (χ2v) is 5.24. The first-order valence-electron chi connectivity index (χ1n) is 6.33. The number of ether oxygens (including phenoxy) is 2. The first kappa shape index (κ1) is 13.5. The molecule has 0 radical (unpaired) electrons. The zero-order valence-corrected chi connectivity index (χ0v) is 11.3. The van der Waals surface area contributed by atoms with Crippen molar-refractivity contribution in [3.63, 3.8) is 0 Å². The number of rotatable bonds is 5. The van der Waals surface area contributed by atoms with Gasteiger partial charge in [-0.15, -0.1) is 0 Å². The van der Waals surface area contributed by atoms with E-state index in [0.717, 1.165) is 11.3 Å². The Hall–Kier alpha value is -1.97. The molecule has 0 fully saturated rings. The van der Waals surface area contributed by atoms with Crippen LogP contribution in [-0.4, -0.2) is 12.7 Å². The van der Waals surface area contributed by atoms with Crippen molar-refractivity contribution in [2.24, 2.45) is 5.41 Å². The van der Waals surface area contributed by atoms with Crippen LogP contribution >= 0.6 is 0 Å². The third-order valence-corrected chi connectivity index (χ3v) is 3.05. The molecule has 19 heavy (non-hydrogen) atoms. The van der Waals surface area contributed by atoms with Crippen LogP contribution in [0.4, 0.5) is 0 Å². The molecule has 0 atom stereocenters. The quantitative estimate of drug-likeness (QED) is 0.886. The van der Waals surface area contributed by atoms with Gasteiger partial charge in [-0.3, -0.25) is 4.79 Å². The summed E-state index contributed by atoms with van der Waals surface area (Å²) in [6, 6.07) is 9.86. The van der Waals surface area contributed by atoms with Crippen molar-refractivity contribution >= 4 is 5.91 Å². The summed E-state index contributed by atoms with van der Waals surface area (Å²) in [6.07, 6.45) is 2.11. The van der Waals surface area contributed by atoms with Crippen LogP contribution in [0.5, 0.6) is 0 Å². The van der Waals surface area contributed by atoms with Gasteiger partial charge >= 0.3 is 0 Å². The van der Waals surface area contributed by atoms with Gasteiger partial charge < -0.3 is 14.8 Å². The topological polar surface area (TPSA) is 47.6 Å². The Morgan fingerprint density at radius 2 is 2.05 bits per heavy atom. The summed E-state index contributed by atoms with van der Waals surface area (Å²) in [5, 5.41) is 2.95. The summed E-state index contributed by atoms with van der Waals surface area (Å²) < 4.78 is 10.3. The van der Waals surface area contributed by atoms with Gasteiger partial charge in [0.2, 0.25) is 12.7 Å². The maximum absolute atomic E-state index is 12.2. The highest BCUT2D eigenvalue weighted by atomic mass is 16.7. The van der Waals surface area contributed by atoms with Gasteiger partial charge in [-0.2, -0.15) is 0 Å². The summed E-state index contributed by atoms with van der Waals surface area (Å²) in [6.45, 7) is 4.59. The largest absolute Gasteiger partial charge is 0.462 e. The number of carbonyl (C=O) groups is 1. The maximum atomic E-state index is 12.2. The van der Waals surface area contributed by atoms with E-state index < -0.39 is 5.41 Å². The van der Waals surface area contributed by atoms with Crippen LogP contribution in [0.25, 0.3) is 0 Å². The third kappa shape index (κ3) is 3.74. The molecule has 0 bridgehead atoms. The number of benzene rings is 1. The van der Waals surface area contributed by atoms with Crippen LogP contribution in [-0.2, 0) is 20.8 Å². The van der Waals surface area contributed by atoms with Crippen LogP contribution in [0.2, 0.25) is 0 Å². The highest BCUT2D eigenvalue weighted by Crippen LogP contribution is 2.28. The summed E-state index contributed by atoms with van der Waals surface area (Å²) >= 11 is 0. The van der Waals surface area contributed by atoms with Gasteiger partial charge in [0.25, 0.3) is 0 Å². The molecule has 4 heteroatoms. The molecule has 0 unspecified atom stereocenters. The van der Waals surface area contributed by atoms with E-state index in [9.17, 15) is 4.79 Å². The normalized spacial score (nSPS) is 14.3. The molecule has 1 aliphatic heterocycles. The predicted octanol–water partition coefficient (Wildman–Crippen LogP) is 2.56. The van der Waals surface area contributed by atoms with E-state index in [1.165, 1.54) is 0 Å². The number of carbonyl (C=O) groups excluding carboxylic acids is 1. The van der Waals surface area contributed by atoms with Crippen LogP contribution in [0.3, 0.4) is 0 Å². The fourth-order valence-corrected chi connectivity index (χ4v) is 1.90. The monoisotopic (exact) mass is 261 g/mol. The number of nitrogens with one attached hydrogen (secondary N) is 1. The minimum atomic E-state index is -0.520. The van der Waals surface area contributed by atoms with Crippen LogP contribution in [0, 0.1) is 5.41 Å². The zero-order valence-electron chi connectivity index (χ0n) is 11.3. The molecular weight excluding hydrogens is 242 g/mol. The molecule has 1 heterocycles. The van der Waals surface area contributed by atoms with E-state index >= 15 is 0 Å². The van der Waals surface area contributed by atoms with Crippen molar-refractivity contribution in [2.75, 3.05) is 6.79 Å². The SMILES string of the molecule is CC(C)(CC1=COCO1)C(=O)NCc1ccccc1. The van der Waals surface area contributed by atoms with Crippen LogP contribution in [0.15, 0.2) is 42.4 Å². The smallest absolute Gasteiger partial charge is 0.229 e. The Labute approximate surface area is 113 Å². The molecule has 0 saturated carbocycles. The summed E-state index contributed by atoms with van der Waals surface area (Å²) in [5.74, 6) is 0.729. The zero-order chi connectivity index (χ0) is 13.7. The predicted molar refractivity (Wildman–Crippen MR) is 71.8 cm³/mol. The number of hydrogen-bond acceptors (Lipinski definition) is 3. The van der Waals surface area contributed by atoms with Crippen molar-refractivity contribution in [1.82, 2.24) is 5.32 Å². The average Bonchev–Trinajstić information content (AvgIpc) is 2.89. The van der Waals surface area contributed by atoms with E-state index in [1.54, 1.807) is 6.26 Å². The fraction of sp³-hybridized carbons (Fsp3) is 0.400. The van der Waals surface area contributed by atoms with Gasteiger partial charge in [0.15, 0.2) is 0 Å². The number of allylic oxidation sites excluding steroid dienone is 1. The lowest BCUT2D eigenvalue weighted by Crippen LogP contribution is -2.36. The lowest BCUT2D eigenvalue weighted by Gasteiger charge is -2.23. The Bertz CT molecular complexity index is 466. The van der Waals surface area contributed by atoms with Gasteiger partial charge in [-0.25, -0.2) is 0 Å². The second kappa shape index (κ2) is 5.78. The highest BCUT2D eigenvalue weighted by molar-refractivity contribution is 5.82. The van der Waals surface area contributed by atoms with E-state index in [4.69, 9.17) is 9.47 Å². The van der Waals surface area contributed by atoms with Crippen molar-refractivity contribution in [2.45, 2.75) is 26.8 Å². The molecule has 2 rings (SSSR count). The lowest BCUT2D eigenvalue weighted by atomic mass is 9.87. The minimum absolute atomic E-state index is 0.00718. The Kier molecular flexibility index (Phi) is 4.10. The van der Waals surface area contributed by atoms with Crippen molar-refractivity contribution in [3.8, 4) is 0 Å². The van der Waals surface area contributed by atoms with Crippen molar-refractivity contribution in [3.05, 3.63) is 47.9 Å². The van der Waals surface area contributed by atoms with E-state index in [0.29, 0.717) is 13.0 Å². The maximum Gasteiger partial charge on any atom is 0.229 e. The van der Waals surface area contributed by atoms with E-state index in [1.807, 2.05) is 44.2 Å². The molecule has 1 N–H and O–H groups in total. The molecule has 0 aliphatic carbocycles. The van der Waals surface area contributed by atoms with E-state index in [-0.39, 0.29) is 12.7 Å². The van der Waals surface area contributed by atoms with E-state index in [2.05, 4.69) is 5.32 Å². The highest BCUT2D eigenvalue weighted by Gasteiger charge is 2.30. The molecule has 0 saturated heterocycles. The van der Waals surface area contributed by atoms with Gasteiger partial charge in [0, 0.05) is 13.0 Å². The summed E-state index contributed by atoms with van der Waals surface area (Å²) in [5.41, 5.74) is 0.570. The molecule has 0 aromatic heterocycles. The van der Waals surface area contributed by atoms with Gasteiger partial charge in [-0.05, 0) is 5.56 Å². The molecular formula is C15H19NO3. The Balaban J connectivity index is 1.87. The standard InChI is InChI=1S/C15H19NO3/c1-15(2,8-13-10-18-11-19-13)14(17)16-9-12-6-4-3-5-7-12/h3-7,10H,8-9,11H2,1-2H3,(H,16,17). The van der Waals surface area contributed by atoms with Crippen LogP contribution < -0.4 is 5.32 Å². The lowest BCUT2D eigenvalue weighted by molar-refractivity contribution is -0.129. The average molecular weight is 261 g/mol. The molecule has 1 aromatic carbocycles. The summed E-state index contributed by atoms with van der Waals surface area (Å²) in [4.78, 5) is 12.2. The van der Waals surface area contributed by atoms with Gasteiger partial charge in [-0.1, -0.05) is 44.2 Å². The second-order valence-electron chi connectivity index (χ2n) is 5.24. The first-order valence-corrected chi connectivity index (χ1v) is 6.33. The molecule has 1 aliphatic rings. The number of hydrogen-bond donors (Lipinski definition) is 1. The fourth-order valence-electron chi connectivity index (χ4n) is 1.90. The molecule has 1 aromatic rings. The Morgan fingerprint density at radius 3 is 2.68 bits per heavy atom. The van der Waals surface area contributed by atoms with Gasteiger partial charge in [0.1, 0.15) is 12.0 Å². The number of amides is 1. The summed E-state index contributed by atoms with van der Waals surface area (Å²) in [7, 11) is 0. The van der Waals surface area contributed by atoms with Crippen molar-refractivity contribution in [1.29, 1.82) is 0 Å². The van der Waals surface area contributed by atoms with Crippen molar-refractivity contribution < 1.29 is 14.3 Å². The van der Waals surface area contributed by atoms with Gasteiger partial charge in [0.05, 0.1) is 5.41 Å². The molecule has 0 spiro atoms. The third-order valence-electron chi connectivity index (χ3n) is 3.05. The Morgan fingerprint density at radius 1 is 1.32 bits per heavy atom. The minimum Gasteiger partial charge on any atom is -0.462 e. The molecule has 4 nitrogen and oxygen atoms in total. The molecule has 102 valence electrons. The van der Waals surface area contributed by atoms with Crippen LogP contribution in [0.1, 0.15) is 25.8 Å². The first-order chi connectivity index (χ1) is 9.08. The molecule has 1 amide bonds.